The Balaban J connectivity index is 2.06. The number of benzene rings is 2. The summed E-state index contributed by atoms with van der Waals surface area (Å²) in [6, 6.07) is 15.6. The molecule has 0 aromatic heterocycles. The van der Waals surface area contributed by atoms with Gasteiger partial charge in [0.2, 0.25) is 0 Å². The third kappa shape index (κ3) is 4.96. The van der Waals surface area contributed by atoms with Crippen LogP contribution in [0.25, 0.3) is 6.08 Å². The quantitative estimate of drug-likeness (QED) is 0.813. The van der Waals surface area contributed by atoms with Crippen molar-refractivity contribution in [3.8, 4) is 0 Å². The van der Waals surface area contributed by atoms with E-state index in [1.807, 2.05) is 42.5 Å². The highest BCUT2D eigenvalue weighted by atomic mass is 35.5. The first-order valence-corrected chi connectivity index (χ1v) is 7.84. The van der Waals surface area contributed by atoms with Crippen molar-refractivity contribution in [2.24, 2.45) is 0 Å². The lowest BCUT2D eigenvalue weighted by Crippen LogP contribution is -2.41. The van der Waals surface area contributed by atoms with Crippen molar-refractivity contribution in [1.29, 1.82) is 0 Å². The van der Waals surface area contributed by atoms with Crippen molar-refractivity contribution >= 4 is 29.6 Å². The van der Waals surface area contributed by atoms with Gasteiger partial charge in [0.25, 0.3) is 5.91 Å². The zero-order valence-electron chi connectivity index (χ0n) is 13.2. The molecule has 0 heterocycles. The molecule has 2 aromatic rings. The van der Waals surface area contributed by atoms with Gasteiger partial charge in [-0.3, -0.25) is 4.79 Å². The van der Waals surface area contributed by atoms with Gasteiger partial charge in [-0.05, 0) is 24.1 Å². The van der Waals surface area contributed by atoms with Crippen LogP contribution >= 0.6 is 11.6 Å². The normalized spacial score (nSPS) is 11.9. The lowest BCUT2D eigenvalue weighted by molar-refractivity contribution is -0.142. The maximum Gasteiger partial charge on any atom is 0.328 e. The third-order valence-electron chi connectivity index (χ3n) is 3.39. The van der Waals surface area contributed by atoms with E-state index in [4.69, 9.17) is 16.3 Å². The van der Waals surface area contributed by atoms with E-state index in [0.29, 0.717) is 17.0 Å². The fourth-order valence-corrected chi connectivity index (χ4v) is 2.36. The highest BCUT2D eigenvalue weighted by Gasteiger charge is 2.21. The van der Waals surface area contributed by atoms with Gasteiger partial charge in [-0.1, -0.05) is 66.2 Å². The molecule has 0 fully saturated rings. The number of esters is 1. The number of carbonyl (C=O) groups excluding carboxylic acids is 2. The van der Waals surface area contributed by atoms with Gasteiger partial charge in [0.15, 0.2) is 0 Å². The summed E-state index contributed by atoms with van der Waals surface area (Å²) in [5, 5.41) is 2.99. The highest BCUT2D eigenvalue weighted by molar-refractivity contribution is 6.33. The lowest BCUT2D eigenvalue weighted by atomic mass is 10.1. The van der Waals surface area contributed by atoms with E-state index in [2.05, 4.69) is 5.32 Å². The minimum absolute atomic E-state index is 0.317. The summed E-state index contributed by atoms with van der Waals surface area (Å²) in [5.74, 6) is -0.919. The van der Waals surface area contributed by atoms with Crippen LogP contribution in [0.4, 0.5) is 0 Å². The van der Waals surface area contributed by atoms with Crippen molar-refractivity contribution in [3.05, 3.63) is 76.8 Å². The Bertz CT molecular complexity index is 728. The number of rotatable bonds is 6. The van der Waals surface area contributed by atoms with Crippen LogP contribution in [0.15, 0.2) is 60.7 Å². The molecular formula is C19H18ClNO3. The number of ether oxygens (including phenoxy) is 1. The van der Waals surface area contributed by atoms with Crippen LogP contribution in [0.1, 0.15) is 22.3 Å². The Labute approximate surface area is 146 Å². The number of nitrogens with one attached hydrogen (secondary N) is 1. The van der Waals surface area contributed by atoms with Gasteiger partial charge in [-0.2, -0.15) is 0 Å². The van der Waals surface area contributed by atoms with E-state index in [9.17, 15) is 9.59 Å². The van der Waals surface area contributed by atoms with E-state index in [1.54, 1.807) is 24.3 Å². The SMILES string of the molecule is COC(=O)[C@@H](C/C=C/c1ccccc1)NC(=O)c1ccccc1Cl. The Morgan fingerprint density at radius 3 is 2.46 bits per heavy atom. The molecule has 0 aliphatic carbocycles. The van der Waals surface area contributed by atoms with Crippen LogP contribution in [-0.4, -0.2) is 25.0 Å². The molecule has 1 N–H and O–H groups in total. The highest BCUT2D eigenvalue weighted by Crippen LogP contribution is 2.15. The molecule has 0 saturated carbocycles. The number of hydrogen-bond donors (Lipinski definition) is 1. The summed E-state index contributed by atoms with van der Waals surface area (Å²) >= 11 is 6.01. The first kappa shape index (κ1) is 17.8. The smallest absolute Gasteiger partial charge is 0.328 e. The van der Waals surface area contributed by atoms with Gasteiger partial charge in [0.1, 0.15) is 6.04 Å². The average Bonchev–Trinajstić information content (AvgIpc) is 2.61. The molecule has 0 aliphatic heterocycles. The van der Waals surface area contributed by atoms with Gasteiger partial charge in [-0.15, -0.1) is 0 Å². The Hall–Kier alpha value is -2.59. The lowest BCUT2D eigenvalue weighted by Gasteiger charge is -2.15. The van der Waals surface area contributed by atoms with Crippen molar-refractivity contribution < 1.29 is 14.3 Å². The number of halogens is 1. The molecule has 2 rings (SSSR count). The number of hydrogen-bond acceptors (Lipinski definition) is 3. The molecule has 0 saturated heterocycles. The van der Waals surface area contributed by atoms with Crippen LogP contribution in [0.2, 0.25) is 5.02 Å². The Kier molecular flexibility index (Phi) is 6.58. The minimum atomic E-state index is -0.779. The van der Waals surface area contributed by atoms with Crippen molar-refractivity contribution in [2.75, 3.05) is 7.11 Å². The Morgan fingerprint density at radius 1 is 1.12 bits per heavy atom. The molecule has 5 heteroatoms. The monoisotopic (exact) mass is 343 g/mol. The fourth-order valence-electron chi connectivity index (χ4n) is 2.14. The van der Waals surface area contributed by atoms with Crippen molar-refractivity contribution in [2.45, 2.75) is 12.5 Å². The molecule has 0 bridgehead atoms. The maximum absolute atomic E-state index is 12.3. The molecule has 0 aliphatic rings. The second-order valence-electron chi connectivity index (χ2n) is 5.08. The zero-order chi connectivity index (χ0) is 17.4. The first-order valence-electron chi connectivity index (χ1n) is 7.46. The van der Waals surface area contributed by atoms with Gasteiger partial charge in [0, 0.05) is 0 Å². The average molecular weight is 344 g/mol. The van der Waals surface area contributed by atoms with Gasteiger partial charge < -0.3 is 10.1 Å². The van der Waals surface area contributed by atoms with E-state index in [1.165, 1.54) is 7.11 Å². The van der Waals surface area contributed by atoms with Crippen molar-refractivity contribution in [1.82, 2.24) is 5.32 Å². The molecule has 0 unspecified atom stereocenters. The predicted molar refractivity (Wildman–Crippen MR) is 94.8 cm³/mol. The molecule has 124 valence electrons. The molecule has 1 atom stereocenters. The minimum Gasteiger partial charge on any atom is -0.467 e. The second kappa shape index (κ2) is 8.89. The van der Waals surface area contributed by atoms with Crippen LogP contribution in [0, 0.1) is 0 Å². The molecule has 4 nitrogen and oxygen atoms in total. The Morgan fingerprint density at radius 2 is 1.79 bits per heavy atom. The number of carbonyl (C=O) groups is 2. The van der Waals surface area contributed by atoms with Crippen LogP contribution in [-0.2, 0) is 9.53 Å². The second-order valence-corrected chi connectivity index (χ2v) is 5.49. The van der Waals surface area contributed by atoms with E-state index in [-0.39, 0.29) is 0 Å². The molecule has 24 heavy (non-hydrogen) atoms. The molecule has 2 aromatic carbocycles. The standard InChI is InChI=1S/C19H18ClNO3/c1-24-19(23)17(13-7-10-14-8-3-2-4-9-14)21-18(22)15-11-5-6-12-16(15)20/h2-12,17H,13H2,1H3,(H,21,22)/b10-7+/t17-/m1/s1. The summed E-state index contributed by atoms with van der Waals surface area (Å²) < 4.78 is 4.76. The molecule has 0 radical (unpaired) electrons. The summed E-state index contributed by atoms with van der Waals surface area (Å²) in [7, 11) is 1.29. The van der Waals surface area contributed by atoms with E-state index in [0.717, 1.165) is 5.56 Å². The van der Waals surface area contributed by atoms with E-state index >= 15 is 0 Å². The maximum atomic E-state index is 12.3. The topological polar surface area (TPSA) is 55.4 Å². The van der Waals surface area contributed by atoms with E-state index < -0.39 is 17.9 Å². The largest absolute Gasteiger partial charge is 0.467 e. The summed E-state index contributed by atoms with van der Waals surface area (Å²) in [6.45, 7) is 0. The summed E-state index contributed by atoms with van der Waals surface area (Å²) in [4.78, 5) is 24.2. The fraction of sp³-hybridized carbons (Fsp3) is 0.158. The van der Waals surface area contributed by atoms with Crippen molar-refractivity contribution in [3.63, 3.8) is 0 Å². The van der Waals surface area contributed by atoms with Gasteiger partial charge in [0.05, 0.1) is 17.7 Å². The van der Waals surface area contributed by atoms with Crippen LogP contribution in [0.3, 0.4) is 0 Å². The van der Waals surface area contributed by atoms with Gasteiger partial charge >= 0.3 is 5.97 Å². The first-order chi connectivity index (χ1) is 11.6. The molecule has 1 amide bonds. The number of amides is 1. The predicted octanol–water partition coefficient (Wildman–Crippen LogP) is 3.71. The number of methoxy groups -OCH3 is 1. The summed E-state index contributed by atoms with van der Waals surface area (Å²) in [6.07, 6.45) is 4.03. The van der Waals surface area contributed by atoms with Crippen LogP contribution < -0.4 is 5.32 Å². The molecule has 0 spiro atoms. The van der Waals surface area contributed by atoms with Gasteiger partial charge in [-0.25, -0.2) is 4.79 Å². The zero-order valence-corrected chi connectivity index (χ0v) is 14.0. The summed E-state index contributed by atoms with van der Waals surface area (Å²) in [5.41, 5.74) is 1.33. The van der Waals surface area contributed by atoms with Crippen LogP contribution in [0.5, 0.6) is 0 Å². The molecular weight excluding hydrogens is 326 g/mol. The third-order valence-corrected chi connectivity index (χ3v) is 3.72.